The van der Waals surface area contributed by atoms with Gasteiger partial charge in [-0.15, -0.1) is 0 Å². The maximum Gasteiger partial charge on any atom is 0.294 e. The molecule has 0 amide bonds. The van der Waals surface area contributed by atoms with Crippen molar-refractivity contribution in [3.8, 4) is 0 Å². The standard InChI is InChI=1S/C21H14Br2O6S2/c22-20-7-1-12(18-10-14(30(24,25)26)3-5-16(18)20)9-13-2-8-21(23)17-6-4-15(11-19(13)17)31(27,28)29/h1-8,10-11H,9H2,(H,24,25,26)(H,27,28,29). The van der Waals surface area contributed by atoms with Gasteiger partial charge in [0.15, 0.2) is 0 Å². The Kier molecular flexibility index (Phi) is 5.74. The van der Waals surface area contributed by atoms with Gasteiger partial charge in [-0.2, -0.15) is 16.8 Å². The van der Waals surface area contributed by atoms with Gasteiger partial charge in [0.25, 0.3) is 20.2 Å². The molecule has 0 bridgehead atoms. The summed E-state index contributed by atoms with van der Waals surface area (Å²) in [6.45, 7) is 0. The fraction of sp³-hybridized carbons (Fsp3) is 0.0476. The number of rotatable bonds is 4. The first-order valence-electron chi connectivity index (χ1n) is 8.82. The first-order chi connectivity index (χ1) is 14.4. The number of hydrogen-bond donors (Lipinski definition) is 2. The molecule has 10 heteroatoms. The molecule has 0 spiro atoms. The molecule has 4 aromatic carbocycles. The molecule has 0 heterocycles. The van der Waals surface area contributed by atoms with Gasteiger partial charge in [0.2, 0.25) is 0 Å². The van der Waals surface area contributed by atoms with Gasteiger partial charge in [-0.25, -0.2) is 0 Å². The zero-order chi connectivity index (χ0) is 22.6. The molecule has 0 fully saturated rings. The fourth-order valence-corrected chi connectivity index (χ4v) is 5.51. The van der Waals surface area contributed by atoms with Crippen LogP contribution in [-0.4, -0.2) is 25.9 Å². The normalized spacial score (nSPS) is 12.5. The Morgan fingerprint density at radius 1 is 0.581 bits per heavy atom. The van der Waals surface area contributed by atoms with Crippen LogP contribution in [0, 0.1) is 0 Å². The van der Waals surface area contributed by atoms with Crippen LogP contribution in [0.4, 0.5) is 0 Å². The van der Waals surface area contributed by atoms with Crippen LogP contribution in [-0.2, 0) is 26.7 Å². The lowest BCUT2D eigenvalue weighted by Crippen LogP contribution is -2.00. The second-order valence-corrected chi connectivity index (χ2v) is 11.5. The van der Waals surface area contributed by atoms with E-state index < -0.39 is 20.2 Å². The minimum Gasteiger partial charge on any atom is -0.282 e. The zero-order valence-electron chi connectivity index (χ0n) is 15.6. The van der Waals surface area contributed by atoms with Gasteiger partial charge < -0.3 is 0 Å². The minimum atomic E-state index is -4.38. The molecule has 0 saturated heterocycles. The topological polar surface area (TPSA) is 109 Å². The summed E-state index contributed by atoms with van der Waals surface area (Å²) in [6, 6.07) is 16.1. The van der Waals surface area contributed by atoms with E-state index in [0.717, 1.165) is 30.8 Å². The SMILES string of the molecule is O=S(=O)(O)c1ccc2c(Br)ccc(Cc3ccc(Br)c4ccc(S(=O)(=O)O)cc34)c2c1. The summed E-state index contributed by atoms with van der Waals surface area (Å²) in [7, 11) is -8.75. The third kappa shape index (κ3) is 4.41. The van der Waals surface area contributed by atoms with Gasteiger partial charge in [0.1, 0.15) is 0 Å². The van der Waals surface area contributed by atoms with Crippen LogP contribution >= 0.6 is 31.9 Å². The molecule has 160 valence electrons. The second kappa shape index (κ2) is 7.95. The van der Waals surface area contributed by atoms with Gasteiger partial charge in [-0.05, 0) is 75.5 Å². The first-order valence-corrected chi connectivity index (χ1v) is 13.3. The lowest BCUT2D eigenvalue weighted by molar-refractivity contribution is 0.481. The highest BCUT2D eigenvalue weighted by molar-refractivity contribution is 9.11. The third-order valence-electron chi connectivity index (χ3n) is 5.03. The van der Waals surface area contributed by atoms with E-state index in [0.29, 0.717) is 17.2 Å². The third-order valence-corrected chi connectivity index (χ3v) is 8.11. The molecule has 0 aliphatic rings. The molecule has 4 rings (SSSR count). The number of hydrogen-bond acceptors (Lipinski definition) is 4. The van der Waals surface area contributed by atoms with Crippen molar-refractivity contribution in [1.29, 1.82) is 0 Å². The summed E-state index contributed by atoms with van der Waals surface area (Å²) < 4.78 is 67.0. The van der Waals surface area contributed by atoms with E-state index in [4.69, 9.17) is 0 Å². The van der Waals surface area contributed by atoms with E-state index in [9.17, 15) is 25.9 Å². The van der Waals surface area contributed by atoms with Gasteiger partial charge in [0, 0.05) is 8.95 Å². The molecule has 0 unspecified atom stereocenters. The number of fused-ring (bicyclic) bond motifs is 2. The van der Waals surface area contributed by atoms with E-state index in [1.54, 1.807) is 12.1 Å². The molecular formula is C21H14Br2O6S2. The van der Waals surface area contributed by atoms with Crippen molar-refractivity contribution >= 4 is 73.6 Å². The van der Waals surface area contributed by atoms with Gasteiger partial charge >= 0.3 is 0 Å². The average Bonchev–Trinajstić information content (AvgIpc) is 2.70. The molecule has 0 aliphatic carbocycles. The van der Waals surface area contributed by atoms with Crippen LogP contribution in [0.1, 0.15) is 11.1 Å². The maximum absolute atomic E-state index is 11.6. The van der Waals surface area contributed by atoms with Gasteiger partial charge in [0.05, 0.1) is 9.79 Å². The van der Waals surface area contributed by atoms with Crippen LogP contribution in [0.25, 0.3) is 21.5 Å². The van der Waals surface area contributed by atoms with Gasteiger partial charge in [-0.1, -0.05) is 56.1 Å². The molecular weight excluding hydrogens is 572 g/mol. The summed E-state index contributed by atoms with van der Waals surface area (Å²) in [5.41, 5.74) is 1.56. The summed E-state index contributed by atoms with van der Waals surface area (Å²) in [4.78, 5) is -0.428. The Hall–Kier alpha value is -1.82. The van der Waals surface area contributed by atoms with Crippen LogP contribution in [0.3, 0.4) is 0 Å². The molecule has 4 aromatic rings. The van der Waals surface area contributed by atoms with Crippen molar-refractivity contribution < 1.29 is 25.9 Å². The fourth-order valence-electron chi connectivity index (χ4n) is 3.54. The van der Waals surface area contributed by atoms with Crippen LogP contribution < -0.4 is 0 Å². The summed E-state index contributed by atoms with van der Waals surface area (Å²) in [6.07, 6.45) is 0.359. The molecule has 2 N–H and O–H groups in total. The van der Waals surface area contributed by atoms with E-state index in [-0.39, 0.29) is 9.79 Å². The Labute approximate surface area is 195 Å². The minimum absolute atomic E-state index is 0.214. The molecule has 6 nitrogen and oxygen atoms in total. The van der Waals surface area contributed by atoms with Crippen molar-refractivity contribution in [3.63, 3.8) is 0 Å². The quantitative estimate of drug-likeness (QED) is 0.302. The van der Waals surface area contributed by atoms with Crippen LogP contribution in [0.2, 0.25) is 0 Å². The highest BCUT2D eigenvalue weighted by Gasteiger charge is 2.16. The van der Waals surface area contributed by atoms with Crippen molar-refractivity contribution in [2.75, 3.05) is 0 Å². The maximum atomic E-state index is 11.6. The first kappa shape index (κ1) is 22.4. The highest BCUT2D eigenvalue weighted by Crippen LogP contribution is 2.34. The molecule has 0 aromatic heterocycles. The lowest BCUT2D eigenvalue weighted by atomic mass is 9.95. The number of benzene rings is 4. The molecule has 31 heavy (non-hydrogen) atoms. The Balaban J connectivity index is 1.95. The highest BCUT2D eigenvalue weighted by atomic mass is 79.9. The van der Waals surface area contributed by atoms with Crippen molar-refractivity contribution in [3.05, 3.63) is 80.7 Å². The molecule has 0 saturated carbocycles. The van der Waals surface area contributed by atoms with E-state index in [1.165, 1.54) is 24.3 Å². The van der Waals surface area contributed by atoms with Crippen LogP contribution in [0.5, 0.6) is 0 Å². The lowest BCUT2D eigenvalue weighted by Gasteiger charge is -2.13. The van der Waals surface area contributed by atoms with Gasteiger partial charge in [-0.3, -0.25) is 9.11 Å². The zero-order valence-corrected chi connectivity index (χ0v) is 20.4. The van der Waals surface area contributed by atoms with E-state index in [2.05, 4.69) is 31.9 Å². The molecule has 0 radical (unpaired) electrons. The predicted octanol–water partition coefficient (Wildman–Crippen LogP) is 5.60. The summed E-state index contributed by atoms with van der Waals surface area (Å²) in [5, 5.41) is 2.80. The Morgan fingerprint density at radius 2 is 0.968 bits per heavy atom. The Morgan fingerprint density at radius 3 is 1.32 bits per heavy atom. The smallest absolute Gasteiger partial charge is 0.282 e. The van der Waals surface area contributed by atoms with E-state index >= 15 is 0 Å². The van der Waals surface area contributed by atoms with Crippen molar-refractivity contribution in [1.82, 2.24) is 0 Å². The van der Waals surface area contributed by atoms with E-state index in [1.807, 2.05) is 24.3 Å². The number of halogens is 2. The van der Waals surface area contributed by atoms with Crippen molar-refractivity contribution in [2.24, 2.45) is 0 Å². The monoisotopic (exact) mass is 584 g/mol. The van der Waals surface area contributed by atoms with Crippen molar-refractivity contribution in [2.45, 2.75) is 16.2 Å². The average molecular weight is 586 g/mol. The molecule has 0 aliphatic heterocycles. The van der Waals surface area contributed by atoms with Crippen LogP contribution in [0.15, 0.2) is 79.4 Å². The summed E-state index contributed by atoms with van der Waals surface area (Å²) in [5.74, 6) is 0. The second-order valence-electron chi connectivity index (χ2n) is 6.95. The largest absolute Gasteiger partial charge is 0.294 e. The molecule has 0 atom stereocenters. The Bertz CT molecular complexity index is 1460. The predicted molar refractivity (Wildman–Crippen MR) is 126 cm³/mol. The summed E-state index contributed by atoms with van der Waals surface area (Å²) >= 11 is 6.92.